The quantitative estimate of drug-likeness (QED) is 0.667. The monoisotopic (exact) mass is 328 g/mol. The van der Waals surface area contributed by atoms with Gasteiger partial charge in [0.1, 0.15) is 6.04 Å². The van der Waals surface area contributed by atoms with Gasteiger partial charge in [-0.25, -0.2) is 0 Å². The van der Waals surface area contributed by atoms with Crippen LogP contribution in [0.1, 0.15) is 62.7 Å². The van der Waals surface area contributed by atoms with Crippen LogP contribution in [-0.2, 0) is 6.42 Å². The molecule has 1 aromatic carbocycles. The van der Waals surface area contributed by atoms with E-state index in [1.54, 1.807) is 12.1 Å². The maximum Gasteiger partial charge on any atom is 0.270 e. The Balaban J connectivity index is 1.64. The molecule has 3 N–H and O–H groups in total. The fraction of sp³-hybridized carbons (Fsp3) is 0.579. The van der Waals surface area contributed by atoms with E-state index in [1.165, 1.54) is 49.8 Å². The molecule has 3 atom stereocenters. The molecule has 1 saturated carbocycles. The summed E-state index contributed by atoms with van der Waals surface area (Å²) in [5.41, 5.74) is 3.86. The van der Waals surface area contributed by atoms with Gasteiger partial charge in [0.25, 0.3) is 5.69 Å². The summed E-state index contributed by atoms with van der Waals surface area (Å²) in [6.07, 6.45) is 8.76. The fourth-order valence-electron chi connectivity index (χ4n) is 4.78. The Morgan fingerprint density at radius 3 is 2.92 bits per heavy atom. The Bertz CT molecular complexity index is 767. The van der Waals surface area contributed by atoms with Gasteiger partial charge in [-0.3, -0.25) is 10.1 Å². The van der Waals surface area contributed by atoms with Gasteiger partial charge in [-0.15, -0.1) is 0 Å². The third kappa shape index (κ3) is 2.81. The number of H-pyrrole nitrogens is 1. The Hall–Kier alpha value is -1.88. The van der Waals surface area contributed by atoms with Gasteiger partial charge in [0.2, 0.25) is 0 Å². The number of benzene rings is 1. The molecule has 0 radical (unpaired) electrons. The van der Waals surface area contributed by atoms with E-state index in [0.29, 0.717) is 6.04 Å². The van der Waals surface area contributed by atoms with E-state index in [9.17, 15) is 10.1 Å². The van der Waals surface area contributed by atoms with Crippen LogP contribution in [-0.4, -0.2) is 15.9 Å². The summed E-state index contributed by atoms with van der Waals surface area (Å²) >= 11 is 0. The summed E-state index contributed by atoms with van der Waals surface area (Å²) in [7, 11) is 0. The third-order valence-electron chi connectivity index (χ3n) is 5.93. The van der Waals surface area contributed by atoms with Crippen LogP contribution < -0.4 is 5.32 Å². The Morgan fingerprint density at radius 1 is 1.25 bits per heavy atom. The first-order valence-corrected chi connectivity index (χ1v) is 9.25. The number of nitrogens with two attached hydrogens (primary N) is 1. The zero-order valence-electron chi connectivity index (χ0n) is 14.3. The minimum absolute atomic E-state index is 0.191. The SMILES string of the molecule is C[C@@H]1CCC[C@H]([NH2+][C@@H]2CCCc3c2[nH]c2ccc([N+](=O)[O-])cc32)C1. The third-order valence-corrected chi connectivity index (χ3v) is 5.93. The molecule has 0 spiro atoms. The highest BCUT2D eigenvalue weighted by Gasteiger charge is 2.31. The van der Waals surface area contributed by atoms with Crippen LogP contribution in [0.25, 0.3) is 10.9 Å². The van der Waals surface area contributed by atoms with Crippen LogP contribution in [0.2, 0.25) is 0 Å². The predicted molar refractivity (Wildman–Crippen MR) is 94.0 cm³/mol. The molecule has 0 aliphatic heterocycles. The summed E-state index contributed by atoms with van der Waals surface area (Å²) in [6, 6.07) is 6.42. The maximum absolute atomic E-state index is 11.1. The number of aromatic amines is 1. The van der Waals surface area contributed by atoms with Crippen molar-refractivity contribution in [3.8, 4) is 0 Å². The van der Waals surface area contributed by atoms with Crippen LogP contribution >= 0.6 is 0 Å². The molecular weight excluding hydrogens is 302 g/mol. The molecule has 24 heavy (non-hydrogen) atoms. The average molecular weight is 328 g/mol. The van der Waals surface area contributed by atoms with Crippen LogP contribution in [0.3, 0.4) is 0 Å². The smallest absolute Gasteiger partial charge is 0.270 e. The number of fused-ring (bicyclic) bond motifs is 3. The van der Waals surface area contributed by atoms with Crippen molar-refractivity contribution < 1.29 is 10.2 Å². The van der Waals surface area contributed by atoms with Gasteiger partial charge in [-0.05, 0) is 43.2 Å². The highest BCUT2D eigenvalue weighted by atomic mass is 16.6. The molecule has 2 aromatic rings. The first-order chi connectivity index (χ1) is 11.6. The van der Waals surface area contributed by atoms with Crippen molar-refractivity contribution in [1.82, 2.24) is 4.98 Å². The lowest BCUT2D eigenvalue weighted by Gasteiger charge is -2.30. The molecule has 0 saturated heterocycles. The lowest BCUT2D eigenvalue weighted by Crippen LogP contribution is -2.91. The second-order valence-corrected chi connectivity index (χ2v) is 7.73. The van der Waals surface area contributed by atoms with Crippen molar-refractivity contribution in [2.45, 2.75) is 64.0 Å². The molecule has 0 amide bonds. The minimum Gasteiger partial charge on any atom is -0.353 e. The molecule has 0 bridgehead atoms. The van der Waals surface area contributed by atoms with Crippen molar-refractivity contribution >= 4 is 16.6 Å². The second-order valence-electron chi connectivity index (χ2n) is 7.73. The second kappa shape index (κ2) is 6.20. The van der Waals surface area contributed by atoms with Gasteiger partial charge < -0.3 is 10.3 Å². The summed E-state index contributed by atoms with van der Waals surface area (Å²) in [5.74, 6) is 0.841. The summed E-state index contributed by atoms with van der Waals surface area (Å²) in [6.45, 7) is 2.37. The molecule has 1 fully saturated rings. The molecule has 1 aromatic heterocycles. The summed E-state index contributed by atoms with van der Waals surface area (Å²) in [5, 5.41) is 14.7. The van der Waals surface area contributed by atoms with Crippen molar-refractivity contribution in [3.05, 3.63) is 39.6 Å². The van der Waals surface area contributed by atoms with Crippen molar-refractivity contribution in [2.75, 3.05) is 0 Å². The number of hydrogen-bond donors (Lipinski definition) is 2. The van der Waals surface area contributed by atoms with Gasteiger partial charge in [0, 0.05) is 35.9 Å². The van der Waals surface area contributed by atoms with E-state index in [0.717, 1.165) is 29.3 Å². The van der Waals surface area contributed by atoms with Crippen molar-refractivity contribution in [2.24, 2.45) is 5.92 Å². The highest BCUT2D eigenvalue weighted by Crippen LogP contribution is 2.35. The van der Waals surface area contributed by atoms with Crippen molar-refractivity contribution in [3.63, 3.8) is 0 Å². The van der Waals surface area contributed by atoms with E-state index < -0.39 is 0 Å². The van der Waals surface area contributed by atoms with Crippen LogP contribution in [0, 0.1) is 16.0 Å². The van der Waals surface area contributed by atoms with Gasteiger partial charge in [0.05, 0.1) is 16.7 Å². The number of nitrogens with one attached hydrogen (secondary N) is 1. The Kier molecular flexibility index (Phi) is 4.04. The number of non-ortho nitro benzene ring substituents is 1. The Labute approximate surface area is 142 Å². The van der Waals surface area contributed by atoms with E-state index in [-0.39, 0.29) is 10.6 Å². The molecule has 5 nitrogen and oxygen atoms in total. The maximum atomic E-state index is 11.1. The first-order valence-electron chi connectivity index (χ1n) is 9.25. The standard InChI is InChI=1S/C19H25N3O2/c1-12-4-2-5-13(10-12)20-18-7-3-6-15-16-11-14(22(23)24)8-9-17(16)21-19(15)18/h8-9,11-13,18,20-21H,2-7,10H2,1H3/p+1/t12-,13+,18-/m1/s1. The Morgan fingerprint density at radius 2 is 2.12 bits per heavy atom. The van der Waals surface area contributed by atoms with Crippen LogP contribution in [0.15, 0.2) is 18.2 Å². The lowest BCUT2D eigenvalue weighted by atomic mass is 9.85. The fourth-order valence-corrected chi connectivity index (χ4v) is 4.78. The van der Waals surface area contributed by atoms with Crippen LogP contribution in [0.4, 0.5) is 5.69 Å². The van der Waals surface area contributed by atoms with Crippen LogP contribution in [0.5, 0.6) is 0 Å². The minimum atomic E-state index is -0.297. The van der Waals surface area contributed by atoms with E-state index in [4.69, 9.17) is 0 Å². The summed E-state index contributed by atoms with van der Waals surface area (Å²) in [4.78, 5) is 14.4. The van der Waals surface area contributed by atoms with Gasteiger partial charge in [-0.1, -0.05) is 13.3 Å². The number of nitrogens with zero attached hydrogens (tertiary/aromatic N) is 1. The number of rotatable bonds is 3. The molecule has 2 aliphatic rings. The molecule has 4 rings (SSSR count). The summed E-state index contributed by atoms with van der Waals surface area (Å²) < 4.78 is 0. The number of quaternary nitrogens is 1. The number of aromatic nitrogens is 1. The molecule has 1 heterocycles. The van der Waals surface area contributed by atoms with Crippen molar-refractivity contribution in [1.29, 1.82) is 0 Å². The van der Waals surface area contributed by atoms with Gasteiger partial charge in [-0.2, -0.15) is 0 Å². The van der Waals surface area contributed by atoms with E-state index in [1.807, 2.05) is 6.07 Å². The lowest BCUT2D eigenvalue weighted by molar-refractivity contribution is -0.732. The zero-order chi connectivity index (χ0) is 16.7. The first kappa shape index (κ1) is 15.6. The number of nitro groups is 1. The van der Waals surface area contributed by atoms with Gasteiger partial charge >= 0.3 is 0 Å². The topological polar surface area (TPSA) is 75.5 Å². The zero-order valence-corrected chi connectivity index (χ0v) is 14.3. The number of nitro benzene ring substituents is 1. The number of aryl methyl sites for hydroxylation is 1. The molecule has 5 heteroatoms. The molecule has 2 aliphatic carbocycles. The number of hydrogen-bond acceptors (Lipinski definition) is 2. The van der Waals surface area contributed by atoms with E-state index >= 15 is 0 Å². The molecule has 128 valence electrons. The molecular formula is C19H26N3O2+. The normalized spacial score (nSPS) is 27.1. The van der Waals surface area contributed by atoms with Gasteiger partial charge in [0.15, 0.2) is 0 Å². The molecule has 0 unspecified atom stereocenters. The largest absolute Gasteiger partial charge is 0.353 e. The van der Waals surface area contributed by atoms with E-state index in [2.05, 4.69) is 17.2 Å². The highest BCUT2D eigenvalue weighted by molar-refractivity contribution is 5.87. The predicted octanol–water partition coefficient (Wildman–Crippen LogP) is 3.60. The average Bonchev–Trinajstić information content (AvgIpc) is 2.94.